The van der Waals surface area contributed by atoms with Crippen LogP contribution in [-0.4, -0.2) is 17.3 Å². The number of aldehydes is 1. The summed E-state index contributed by atoms with van der Waals surface area (Å²) in [6.07, 6.45) is 3.29. The standard InChI is InChI=1S/C7H12OS/c1-6-4-7(5-8)2-3-9-6/h5-7H,2-4H2,1H3. The van der Waals surface area contributed by atoms with Gasteiger partial charge in [-0.25, -0.2) is 0 Å². The van der Waals surface area contributed by atoms with Gasteiger partial charge in [0, 0.05) is 11.2 Å². The van der Waals surface area contributed by atoms with Crippen LogP contribution in [0.1, 0.15) is 19.8 Å². The van der Waals surface area contributed by atoms with E-state index in [1.54, 1.807) is 0 Å². The van der Waals surface area contributed by atoms with Gasteiger partial charge in [-0.05, 0) is 18.6 Å². The van der Waals surface area contributed by atoms with Gasteiger partial charge in [-0.2, -0.15) is 11.8 Å². The third-order valence-electron chi connectivity index (χ3n) is 1.72. The van der Waals surface area contributed by atoms with E-state index < -0.39 is 0 Å². The molecule has 1 saturated heterocycles. The largest absolute Gasteiger partial charge is 0.303 e. The lowest BCUT2D eigenvalue weighted by Crippen LogP contribution is -2.16. The van der Waals surface area contributed by atoms with Crippen LogP contribution in [0.15, 0.2) is 0 Å². The summed E-state index contributed by atoms with van der Waals surface area (Å²) in [6, 6.07) is 0. The average Bonchev–Trinajstić information content (AvgIpc) is 1.88. The molecule has 9 heavy (non-hydrogen) atoms. The molecule has 1 aliphatic rings. The first kappa shape index (κ1) is 7.13. The number of hydrogen-bond acceptors (Lipinski definition) is 2. The van der Waals surface area contributed by atoms with Crippen LogP contribution in [-0.2, 0) is 4.79 Å². The second kappa shape index (κ2) is 3.25. The molecule has 2 heteroatoms. The van der Waals surface area contributed by atoms with E-state index in [0.29, 0.717) is 11.2 Å². The first-order chi connectivity index (χ1) is 4.33. The lowest BCUT2D eigenvalue weighted by Gasteiger charge is -2.21. The highest BCUT2D eigenvalue weighted by Crippen LogP contribution is 2.27. The molecule has 0 aromatic heterocycles. The summed E-state index contributed by atoms with van der Waals surface area (Å²) in [7, 11) is 0. The van der Waals surface area contributed by atoms with Crippen molar-refractivity contribution >= 4 is 18.0 Å². The quantitative estimate of drug-likeness (QED) is 0.521. The Kier molecular flexibility index (Phi) is 2.58. The Morgan fingerprint density at radius 1 is 1.67 bits per heavy atom. The van der Waals surface area contributed by atoms with Gasteiger partial charge in [0.15, 0.2) is 0 Å². The third kappa shape index (κ3) is 2.01. The van der Waals surface area contributed by atoms with E-state index in [-0.39, 0.29) is 0 Å². The molecule has 1 fully saturated rings. The minimum absolute atomic E-state index is 0.362. The van der Waals surface area contributed by atoms with Crippen molar-refractivity contribution in [2.45, 2.75) is 25.0 Å². The van der Waals surface area contributed by atoms with Crippen molar-refractivity contribution in [3.63, 3.8) is 0 Å². The highest BCUT2D eigenvalue weighted by molar-refractivity contribution is 7.99. The fraction of sp³-hybridized carbons (Fsp3) is 0.857. The summed E-state index contributed by atoms with van der Waals surface area (Å²) >= 11 is 1.98. The zero-order chi connectivity index (χ0) is 6.69. The maximum atomic E-state index is 10.3. The molecule has 1 heterocycles. The highest BCUT2D eigenvalue weighted by Gasteiger charge is 2.17. The summed E-state index contributed by atoms with van der Waals surface area (Å²) in [4.78, 5) is 10.3. The van der Waals surface area contributed by atoms with Crippen molar-refractivity contribution in [1.29, 1.82) is 0 Å². The lowest BCUT2D eigenvalue weighted by molar-refractivity contribution is -0.111. The molecule has 0 aromatic rings. The van der Waals surface area contributed by atoms with Crippen LogP contribution in [0, 0.1) is 5.92 Å². The van der Waals surface area contributed by atoms with Gasteiger partial charge in [-0.1, -0.05) is 6.92 Å². The van der Waals surface area contributed by atoms with Crippen molar-refractivity contribution < 1.29 is 4.79 Å². The van der Waals surface area contributed by atoms with E-state index in [1.807, 2.05) is 11.8 Å². The molecule has 2 unspecified atom stereocenters. The van der Waals surface area contributed by atoms with Gasteiger partial charge in [0.2, 0.25) is 0 Å². The van der Waals surface area contributed by atoms with E-state index in [9.17, 15) is 4.79 Å². The van der Waals surface area contributed by atoms with Gasteiger partial charge in [0.1, 0.15) is 6.29 Å². The number of thioether (sulfide) groups is 1. The Labute approximate surface area is 60.2 Å². The molecule has 0 spiro atoms. The van der Waals surface area contributed by atoms with Crippen LogP contribution >= 0.6 is 11.8 Å². The minimum Gasteiger partial charge on any atom is -0.303 e. The van der Waals surface area contributed by atoms with E-state index in [1.165, 1.54) is 5.75 Å². The second-order valence-corrected chi connectivity index (χ2v) is 4.15. The molecule has 0 bridgehead atoms. The van der Waals surface area contributed by atoms with Gasteiger partial charge in [0.05, 0.1) is 0 Å². The Morgan fingerprint density at radius 2 is 2.44 bits per heavy atom. The molecule has 0 N–H and O–H groups in total. The van der Waals surface area contributed by atoms with Crippen molar-refractivity contribution in [2.75, 3.05) is 5.75 Å². The summed E-state index contributed by atoms with van der Waals surface area (Å²) < 4.78 is 0. The summed E-state index contributed by atoms with van der Waals surface area (Å²) in [5.41, 5.74) is 0. The second-order valence-electron chi connectivity index (χ2n) is 2.60. The minimum atomic E-state index is 0.362. The third-order valence-corrected chi connectivity index (χ3v) is 2.95. The summed E-state index contributed by atoms with van der Waals surface area (Å²) in [6.45, 7) is 2.19. The van der Waals surface area contributed by atoms with Gasteiger partial charge in [0.25, 0.3) is 0 Å². The molecule has 52 valence electrons. The van der Waals surface area contributed by atoms with E-state index in [0.717, 1.165) is 19.1 Å². The molecule has 1 nitrogen and oxygen atoms in total. The molecule has 0 aliphatic carbocycles. The molecule has 0 aromatic carbocycles. The number of carbonyl (C=O) groups excluding carboxylic acids is 1. The molecule has 0 saturated carbocycles. The Balaban J connectivity index is 2.31. The number of rotatable bonds is 1. The van der Waals surface area contributed by atoms with E-state index in [2.05, 4.69) is 6.92 Å². The van der Waals surface area contributed by atoms with Crippen LogP contribution < -0.4 is 0 Å². The van der Waals surface area contributed by atoms with Crippen molar-refractivity contribution in [1.82, 2.24) is 0 Å². The Bertz CT molecular complexity index is 103. The van der Waals surface area contributed by atoms with Crippen LogP contribution in [0.2, 0.25) is 0 Å². The maximum absolute atomic E-state index is 10.3. The van der Waals surface area contributed by atoms with Crippen LogP contribution in [0.4, 0.5) is 0 Å². The predicted octanol–water partition coefficient (Wildman–Crippen LogP) is 1.72. The van der Waals surface area contributed by atoms with Gasteiger partial charge in [-0.15, -0.1) is 0 Å². The molecular formula is C7H12OS. The monoisotopic (exact) mass is 144 g/mol. The molecular weight excluding hydrogens is 132 g/mol. The first-order valence-corrected chi connectivity index (χ1v) is 4.44. The van der Waals surface area contributed by atoms with E-state index in [4.69, 9.17) is 0 Å². The van der Waals surface area contributed by atoms with Gasteiger partial charge < -0.3 is 4.79 Å². The topological polar surface area (TPSA) is 17.1 Å². The van der Waals surface area contributed by atoms with Crippen molar-refractivity contribution in [2.24, 2.45) is 5.92 Å². The number of hydrogen-bond donors (Lipinski definition) is 0. The van der Waals surface area contributed by atoms with Crippen molar-refractivity contribution in [3.05, 3.63) is 0 Å². The Morgan fingerprint density at radius 3 is 2.89 bits per heavy atom. The average molecular weight is 144 g/mol. The normalized spacial score (nSPS) is 36.1. The van der Waals surface area contributed by atoms with Crippen molar-refractivity contribution in [3.8, 4) is 0 Å². The maximum Gasteiger partial charge on any atom is 0.123 e. The summed E-state index contributed by atoms with van der Waals surface area (Å²) in [5, 5.41) is 0.703. The molecule has 1 aliphatic heterocycles. The molecule has 0 radical (unpaired) electrons. The smallest absolute Gasteiger partial charge is 0.123 e. The molecule has 0 amide bonds. The SMILES string of the molecule is CC1CC(C=O)CCS1. The fourth-order valence-corrected chi connectivity index (χ4v) is 2.38. The predicted molar refractivity (Wildman–Crippen MR) is 40.7 cm³/mol. The number of carbonyl (C=O) groups is 1. The first-order valence-electron chi connectivity index (χ1n) is 3.40. The van der Waals surface area contributed by atoms with Gasteiger partial charge >= 0.3 is 0 Å². The van der Waals surface area contributed by atoms with Crippen LogP contribution in [0.5, 0.6) is 0 Å². The van der Waals surface area contributed by atoms with Crippen LogP contribution in [0.3, 0.4) is 0 Å². The van der Waals surface area contributed by atoms with E-state index >= 15 is 0 Å². The van der Waals surface area contributed by atoms with Gasteiger partial charge in [-0.3, -0.25) is 0 Å². The zero-order valence-corrected chi connectivity index (χ0v) is 6.49. The lowest BCUT2D eigenvalue weighted by atomic mass is 10.0. The van der Waals surface area contributed by atoms with Crippen LogP contribution in [0.25, 0.3) is 0 Å². The molecule has 1 rings (SSSR count). The Hall–Kier alpha value is 0.0200. The fourth-order valence-electron chi connectivity index (χ4n) is 1.16. The highest BCUT2D eigenvalue weighted by atomic mass is 32.2. The summed E-state index contributed by atoms with van der Waals surface area (Å²) in [5.74, 6) is 1.53. The zero-order valence-electron chi connectivity index (χ0n) is 5.67. The molecule has 2 atom stereocenters.